The van der Waals surface area contributed by atoms with Crippen LogP contribution in [0.1, 0.15) is 32.6 Å². The molecule has 2 unspecified atom stereocenters. The summed E-state index contributed by atoms with van der Waals surface area (Å²) in [6, 6.07) is 0. The zero-order valence-corrected chi connectivity index (χ0v) is 7.80. The molecule has 0 aliphatic heterocycles. The van der Waals surface area contributed by atoms with Gasteiger partial charge >= 0.3 is 5.97 Å². The number of ether oxygens (including phenoxy) is 1. The topological polar surface area (TPSA) is 26.3 Å². The number of fused-ring (bicyclic) bond motifs is 1. The maximum Gasteiger partial charge on any atom is 0.311 e. The van der Waals surface area contributed by atoms with E-state index >= 15 is 0 Å². The zero-order valence-electron chi connectivity index (χ0n) is 7.80. The fourth-order valence-electron chi connectivity index (χ4n) is 2.75. The van der Waals surface area contributed by atoms with Gasteiger partial charge in [-0.25, -0.2) is 0 Å². The summed E-state index contributed by atoms with van der Waals surface area (Å²) in [5.41, 5.74) is -0.141. The van der Waals surface area contributed by atoms with Crippen LogP contribution >= 0.6 is 0 Å². The lowest BCUT2D eigenvalue weighted by Crippen LogP contribution is -2.34. The number of methoxy groups -OCH3 is 1. The van der Waals surface area contributed by atoms with Crippen LogP contribution in [0, 0.1) is 17.3 Å². The third kappa shape index (κ3) is 0.970. The number of carbonyl (C=O) groups excluding carboxylic acids is 1. The molecule has 0 aromatic heterocycles. The highest BCUT2D eigenvalue weighted by atomic mass is 16.5. The molecule has 2 nitrogen and oxygen atoms in total. The van der Waals surface area contributed by atoms with Crippen LogP contribution in [-0.4, -0.2) is 13.1 Å². The number of hydrogen-bond donors (Lipinski definition) is 0. The second-order valence-corrected chi connectivity index (χ2v) is 4.40. The van der Waals surface area contributed by atoms with E-state index in [9.17, 15) is 4.79 Å². The van der Waals surface area contributed by atoms with Crippen LogP contribution in [0.25, 0.3) is 0 Å². The first-order valence-electron chi connectivity index (χ1n) is 4.77. The van der Waals surface area contributed by atoms with Gasteiger partial charge in [0.2, 0.25) is 0 Å². The molecule has 2 aliphatic carbocycles. The van der Waals surface area contributed by atoms with Crippen molar-refractivity contribution in [1.82, 2.24) is 0 Å². The van der Waals surface area contributed by atoms with Crippen molar-refractivity contribution in [3.8, 4) is 0 Å². The molecule has 2 aliphatic rings. The minimum absolute atomic E-state index is 0.00898. The Balaban J connectivity index is 2.13. The zero-order chi connectivity index (χ0) is 8.77. The average molecular weight is 168 g/mol. The van der Waals surface area contributed by atoms with Crippen LogP contribution in [0.5, 0.6) is 0 Å². The lowest BCUT2D eigenvalue weighted by molar-refractivity contribution is -0.154. The second-order valence-electron chi connectivity index (χ2n) is 4.40. The van der Waals surface area contributed by atoms with E-state index in [1.165, 1.54) is 26.4 Å². The third-order valence-corrected chi connectivity index (χ3v) is 3.66. The first kappa shape index (κ1) is 8.09. The van der Waals surface area contributed by atoms with Crippen LogP contribution in [0.4, 0.5) is 0 Å². The molecular weight excluding hydrogens is 152 g/mol. The van der Waals surface area contributed by atoms with Gasteiger partial charge in [-0.05, 0) is 31.6 Å². The summed E-state index contributed by atoms with van der Waals surface area (Å²) >= 11 is 0. The van der Waals surface area contributed by atoms with Gasteiger partial charge < -0.3 is 4.74 Å². The van der Waals surface area contributed by atoms with E-state index < -0.39 is 0 Å². The second kappa shape index (κ2) is 2.48. The smallest absolute Gasteiger partial charge is 0.311 e. The van der Waals surface area contributed by atoms with E-state index in [1.807, 2.05) is 0 Å². The summed E-state index contributed by atoms with van der Waals surface area (Å²) < 4.78 is 4.85. The van der Waals surface area contributed by atoms with Gasteiger partial charge in [-0.15, -0.1) is 0 Å². The fourth-order valence-corrected chi connectivity index (χ4v) is 2.75. The van der Waals surface area contributed by atoms with E-state index in [4.69, 9.17) is 4.74 Å². The Kier molecular flexibility index (Phi) is 1.67. The molecule has 0 bridgehead atoms. The van der Waals surface area contributed by atoms with Crippen LogP contribution in [0.15, 0.2) is 0 Å². The number of esters is 1. The molecule has 0 heterocycles. The van der Waals surface area contributed by atoms with Crippen molar-refractivity contribution >= 4 is 5.97 Å². The molecule has 2 fully saturated rings. The highest BCUT2D eigenvalue weighted by Crippen LogP contribution is 2.59. The van der Waals surface area contributed by atoms with Crippen molar-refractivity contribution in [2.45, 2.75) is 32.6 Å². The molecule has 0 N–H and O–H groups in total. The standard InChI is InChI=1S/C10H16O2/c1-10(9(11)12-2)5-3-4-7-6-8(7)10/h7-8H,3-6H2,1-2H3/t7?,8?,10-/m0/s1. The van der Waals surface area contributed by atoms with Gasteiger partial charge in [0.15, 0.2) is 0 Å². The first-order chi connectivity index (χ1) is 5.68. The fraction of sp³-hybridized carbons (Fsp3) is 0.900. The normalized spacial score (nSPS) is 44.8. The largest absolute Gasteiger partial charge is 0.469 e. The van der Waals surface area contributed by atoms with Gasteiger partial charge in [-0.3, -0.25) is 4.79 Å². The maximum atomic E-state index is 11.5. The van der Waals surface area contributed by atoms with Crippen LogP contribution in [-0.2, 0) is 9.53 Å². The van der Waals surface area contributed by atoms with Crippen molar-refractivity contribution in [2.24, 2.45) is 17.3 Å². The van der Waals surface area contributed by atoms with Crippen LogP contribution in [0.2, 0.25) is 0 Å². The molecule has 3 atom stereocenters. The van der Waals surface area contributed by atoms with Crippen molar-refractivity contribution in [3.63, 3.8) is 0 Å². The van der Waals surface area contributed by atoms with E-state index in [1.54, 1.807) is 0 Å². The van der Waals surface area contributed by atoms with E-state index in [0.29, 0.717) is 5.92 Å². The molecule has 2 saturated carbocycles. The SMILES string of the molecule is COC(=O)[C@@]1(C)CCCC2CC21. The average Bonchev–Trinajstić information content (AvgIpc) is 2.83. The van der Waals surface area contributed by atoms with Crippen molar-refractivity contribution in [3.05, 3.63) is 0 Å². The third-order valence-electron chi connectivity index (χ3n) is 3.66. The Bertz CT molecular complexity index is 212. The molecule has 0 aromatic carbocycles. The minimum atomic E-state index is -0.141. The van der Waals surface area contributed by atoms with Gasteiger partial charge in [-0.1, -0.05) is 12.8 Å². The molecule has 68 valence electrons. The van der Waals surface area contributed by atoms with Gasteiger partial charge in [0.05, 0.1) is 12.5 Å². The van der Waals surface area contributed by atoms with Crippen molar-refractivity contribution < 1.29 is 9.53 Å². The number of hydrogen-bond acceptors (Lipinski definition) is 2. The summed E-state index contributed by atoms with van der Waals surface area (Å²) in [4.78, 5) is 11.5. The van der Waals surface area contributed by atoms with Gasteiger partial charge in [0.25, 0.3) is 0 Å². The molecule has 0 aromatic rings. The molecule has 0 radical (unpaired) electrons. The van der Waals surface area contributed by atoms with E-state index in [-0.39, 0.29) is 11.4 Å². The van der Waals surface area contributed by atoms with Crippen molar-refractivity contribution in [1.29, 1.82) is 0 Å². The van der Waals surface area contributed by atoms with Crippen LogP contribution < -0.4 is 0 Å². The quantitative estimate of drug-likeness (QED) is 0.560. The van der Waals surface area contributed by atoms with Gasteiger partial charge in [-0.2, -0.15) is 0 Å². The summed E-state index contributed by atoms with van der Waals surface area (Å²) in [6.07, 6.45) is 4.82. The Labute approximate surface area is 73.3 Å². The van der Waals surface area contributed by atoms with E-state index in [2.05, 4.69) is 6.92 Å². The highest BCUT2D eigenvalue weighted by molar-refractivity contribution is 5.77. The molecular formula is C10H16O2. The van der Waals surface area contributed by atoms with Crippen molar-refractivity contribution in [2.75, 3.05) is 7.11 Å². The summed E-state index contributed by atoms with van der Waals surface area (Å²) in [7, 11) is 1.50. The maximum absolute atomic E-state index is 11.5. The first-order valence-corrected chi connectivity index (χ1v) is 4.77. The molecule has 12 heavy (non-hydrogen) atoms. The Hall–Kier alpha value is -0.530. The van der Waals surface area contributed by atoms with E-state index in [0.717, 1.165) is 12.3 Å². The summed E-state index contributed by atoms with van der Waals surface area (Å²) in [5, 5.41) is 0. The predicted octanol–water partition coefficient (Wildman–Crippen LogP) is 1.99. The predicted molar refractivity (Wildman–Crippen MR) is 45.6 cm³/mol. The Morgan fingerprint density at radius 2 is 2.33 bits per heavy atom. The van der Waals surface area contributed by atoms with Gasteiger partial charge in [0.1, 0.15) is 0 Å². The lowest BCUT2D eigenvalue weighted by atomic mass is 9.75. The van der Waals surface area contributed by atoms with Gasteiger partial charge in [0, 0.05) is 0 Å². The number of rotatable bonds is 1. The summed E-state index contributed by atoms with van der Waals surface area (Å²) in [6.45, 7) is 2.07. The monoisotopic (exact) mass is 168 g/mol. The molecule has 0 amide bonds. The Morgan fingerprint density at radius 3 is 3.00 bits per heavy atom. The van der Waals surface area contributed by atoms with Crippen LogP contribution in [0.3, 0.4) is 0 Å². The molecule has 0 saturated heterocycles. The number of carbonyl (C=O) groups is 1. The molecule has 0 spiro atoms. The molecule has 2 rings (SSSR count). The highest BCUT2D eigenvalue weighted by Gasteiger charge is 2.56. The Morgan fingerprint density at radius 1 is 1.58 bits per heavy atom. The summed E-state index contributed by atoms with van der Waals surface area (Å²) in [5.74, 6) is 1.48. The lowest BCUT2D eigenvalue weighted by Gasteiger charge is -2.30. The minimum Gasteiger partial charge on any atom is -0.469 e. The molecule has 2 heteroatoms.